The van der Waals surface area contributed by atoms with Gasteiger partial charge in [0.25, 0.3) is 5.56 Å². The summed E-state index contributed by atoms with van der Waals surface area (Å²) in [6, 6.07) is 15.1. The van der Waals surface area contributed by atoms with E-state index in [0.29, 0.717) is 12.4 Å². The van der Waals surface area contributed by atoms with Crippen molar-refractivity contribution < 1.29 is 9.15 Å². The van der Waals surface area contributed by atoms with Gasteiger partial charge >= 0.3 is 0 Å². The minimum absolute atomic E-state index is 0.158. The van der Waals surface area contributed by atoms with Gasteiger partial charge < -0.3 is 14.5 Å². The van der Waals surface area contributed by atoms with E-state index in [1.54, 1.807) is 23.0 Å². The van der Waals surface area contributed by atoms with Crippen molar-refractivity contribution in [2.24, 2.45) is 0 Å². The highest BCUT2D eigenvalue weighted by Gasteiger charge is 2.23. The number of ether oxygens (including phenoxy) is 1. The molecule has 0 radical (unpaired) electrons. The maximum atomic E-state index is 12.7. The van der Waals surface area contributed by atoms with E-state index < -0.39 is 0 Å². The third-order valence-corrected chi connectivity index (χ3v) is 5.31. The molecule has 1 unspecified atom stereocenters. The molecule has 0 amide bonds. The Morgan fingerprint density at radius 1 is 1.24 bits per heavy atom. The van der Waals surface area contributed by atoms with E-state index in [4.69, 9.17) is 9.15 Å². The van der Waals surface area contributed by atoms with Crippen molar-refractivity contribution in [2.45, 2.75) is 26.0 Å². The molecule has 29 heavy (non-hydrogen) atoms. The second-order valence-electron chi connectivity index (χ2n) is 7.23. The Bertz CT molecular complexity index is 1230. The molecule has 0 aliphatic carbocycles. The fraction of sp³-hybridized carbons (Fsp3) is 0.217. The Morgan fingerprint density at radius 2 is 2.17 bits per heavy atom. The van der Waals surface area contributed by atoms with Crippen molar-refractivity contribution in [3.8, 4) is 11.4 Å². The zero-order chi connectivity index (χ0) is 19.8. The number of fused-ring (bicyclic) bond motifs is 3. The van der Waals surface area contributed by atoms with E-state index in [-0.39, 0.29) is 11.6 Å². The van der Waals surface area contributed by atoms with Gasteiger partial charge in [-0.25, -0.2) is 0 Å². The van der Waals surface area contributed by atoms with Gasteiger partial charge in [-0.1, -0.05) is 6.07 Å². The van der Waals surface area contributed by atoms with Gasteiger partial charge in [-0.3, -0.25) is 14.3 Å². The number of pyridine rings is 2. The summed E-state index contributed by atoms with van der Waals surface area (Å²) in [4.78, 5) is 16.9. The van der Waals surface area contributed by atoms with Gasteiger partial charge in [-0.2, -0.15) is 0 Å². The van der Waals surface area contributed by atoms with Crippen LogP contribution in [-0.4, -0.2) is 16.1 Å². The topological polar surface area (TPSA) is 69.3 Å². The number of hydrogen-bond acceptors (Lipinski definition) is 5. The Labute approximate surface area is 167 Å². The van der Waals surface area contributed by atoms with Crippen LogP contribution < -0.4 is 15.6 Å². The van der Waals surface area contributed by atoms with Crippen molar-refractivity contribution in [2.75, 3.05) is 6.54 Å². The first-order valence-electron chi connectivity index (χ1n) is 9.73. The van der Waals surface area contributed by atoms with Crippen molar-refractivity contribution in [3.05, 3.63) is 88.3 Å². The Hall–Kier alpha value is -3.38. The summed E-state index contributed by atoms with van der Waals surface area (Å²) < 4.78 is 13.4. The van der Waals surface area contributed by atoms with Gasteiger partial charge in [0.2, 0.25) is 0 Å². The molecule has 5 rings (SSSR count). The van der Waals surface area contributed by atoms with Crippen LogP contribution in [0.25, 0.3) is 16.7 Å². The highest BCUT2D eigenvalue weighted by atomic mass is 16.5. The van der Waals surface area contributed by atoms with Crippen LogP contribution in [0.3, 0.4) is 0 Å². The molecule has 1 N–H and O–H groups in total. The Balaban J connectivity index is 1.43. The van der Waals surface area contributed by atoms with Gasteiger partial charge in [0.05, 0.1) is 11.4 Å². The normalized spacial score (nSPS) is 16.0. The molecule has 6 nitrogen and oxygen atoms in total. The van der Waals surface area contributed by atoms with Gasteiger partial charge in [-0.05, 0) is 37.3 Å². The lowest BCUT2D eigenvalue weighted by Crippen LogP contribution is -2.26. The first-order chi connectivity index (χ1) is 14.2. The average molecular weight is 387 g/mol. The third kappa shape index (κ3) is 3.32. The first-order valence-corrected chi connectivity index (χ1v) is 9.73. The van der Waals surface area contributed by atoms with Crippen LogP contribution in [0.1, 0.15) is 30.0 Å². The standard InChI is InChI=1S/C23H21N3O3/c1-15-23-19-6-5-17(12-21(19)29-20(23)7-10-24-15)26-11-8-18(13-22(26)27)28-14-16-4-2-3-9-25-16/h2-6,8-9,11-13,15,24H,7,10,14H2,1H3. The smallest absolute Gasteiger partial charge is 0.258 e. The minimum atomic E-state index is -0.158. The SMILES string of the molecule is CC1NCCc2oc3cc(-n4ccc(OCc5ccccn5)cc4=O)ccc3c21. The highest BCUT2D eigenvalue weighted by Crippen LogP contribution is 2.34. The molecule has 4 aromatic rings. The Morgan fingerprint density at radius 3 is 3.00 bits per heavy atom. The molecular formula is C23H21N3O3. The number of benzene rings is 1. The fourth-order valence-corrected chi connectivity index (χ4v) is 3.88. The molecule has 0 bridgehead atoms. The monoisotopic (exact) mass is 387 g/mol. The van der Waals surface area contributed by atoms with E-state index >= 15 is 0 Å². The first kappa shape index (κ1) is 17.7. The lowest BCUT2D eigenvalue weighted by molar-refractivity contribution is 0.300. The summed E-state index contributed by atoms with van der Waals surface area (Å²) in [5.74, 6) is 1.56. The lowest BCUT2D eigenvalue weighted by atomic mass is 9.99. The number of furan rings is 1. The second kappa shape index (κ2) is 7.22. The molecule has 0 spiro atoms. The number of rotatable bonds is 4. The average Bonchev–Trinajstić information content (AvgIpc) is 3.12. The van der Waals surface area contributed by atoms with Crippen LogP contribution in [0.15, 0.2) is 70.1 Å². The Kier molecular flexibility index (Phi) is 4.41. The van der Waals surface area contributed by atoms with Gasteiger partial charge in [0.15, 0.2) is 0 Å². The predicted molar refractivity (Wildman–Crippen MR) is 111 cm³/mol. The number of aromatic nitrogens is 2. The molecule has 6 heteroatoms. The summed E-state index contributed by atoms with van der Waals surface area (Å²) in [6.45, 7) is 3.38. The number of nitrogens with zero attached hydrogens (tertiary/aromatic N) is 2. The molecule has 1 atom stereocenters. The van der Waals surface area contributed by atoms with E-state index in [1.807, 2.05) is 36.4 Å². The summed E-state index contributed by atoms with van der Waals surface area (Å²) in [7, 11) is 0. The highest BCUT2D eigenvalue weighted by molar-refractivity contribution is 5.85. The number of hydrogen-bond donors (Lipinski definition) is 1. The van der Waals surface area contributed by atoms with Gasteiger partial charge in [-0.15, -0.1) is 0 Å². The summed E-state index contributed by atoms with van der Waals surface area (Å²) in [6.07, 6.45) is 4.33. The molecule has 3 aromatic heterocycles. The zero-order valence-electron chi connectivity index (χ0n) is 16.1. The summed E-state index contributed by atoms with van der Waals surface area (Å²) in [5, 5.41) is 4.57. The van der Waals surface area contributed by atoms with Crippen LogP contribution in [0, 0.1) is 0 Å². The third-order valence-electron chi connectivity index (χ3n) is 5.31. The van der Waals surface area contributed by atoms with Crippen LogP contribution >= 0.6 is 0 Å². The van der Waals surface area contributed by atoms with E-state index in [9.17, 15) is 4.79 Å². The van der Waals surface area contributed by atoms with Crippen LogP contribution in [0.4, 0.5) is 0 Å². The molecule has 146 valence electrons. The van der Waals surface area contributed by atoms with Crippen molar-refractivity contribution in [3.63, 3.8) is 0 Å². The molecule has 0 saturated carbocycles. The van der Waals surface area contributed by atoms with Crippen LogP contribution in [0.5, 0.6) is 5.75 Å². The lowest BCUT2D eigenvalue weighted by Gasteiger charge is -2.19. The maximum absolute atomic E-state index is 12.7. The molecule has 4 heterocycles. The van der Waals surface area contributed by atoms with Gasteiger partial charge in [0, 0.05) is 54.5 Å². The summed E-state index contributed by atoms with van der Waals surface area (Å²) in [5.41, 5.74) is 3.46. The quantitative estimate of drug-likeness (QED) is 0.577. The zero-order valence-corrected chi connectivity index (χ0v) is 16.1. The molecule has 1 aliphatic rings. The summed E-state index contributed by atoms with van der Waals surface area (Å²) >= 11 is 0. The predicted octanol–water partition coefficient (Wildman–Crippen LogP) is 3.76. The minimum Gasteiger partial charge on any atom is -0.487 e. The van der Waals surface area contributed by atoms with Crippen LogP contribution in [-0.2, 0) is 13.0 Å². The van der Waals surface area contributed by atoms with Crippen LogP contribution in [0.2, 0.25) is 0 Å². The van der Waals surface area contributed by atoms with E-state index in [2.05, 4.69) is 17.2 Å². The van der Waals surface area contributed by atoms with Gasteiger partial charge in [0.1, 0.15) is 23.7 Å². The van der Waals surface area contributed by atoms with Crippen molar-refractivity contribution in [1.29, 1.82) is 0 Å². The fourth-order valence-electron chi connectivity index (χ4n) is 3.88. The maximum Gasteiger partial charge on any atom is 0.258 e. The van der Waals surface area contributed by atoms with Crippen molar-refractivity contribution >= 4 is 11.0 Å². The molecule has 0 fully saturated rings. The molecule has 1 aromatic carbocycles. The van der Waals surface area contributed by atoms with E-state index in [1.165, 1.54) is 11.6 Å². The molecular weight excluding hydrogens is 366 g/mol. The molecule has 0 saturated heterocycles. The van der Waals surface area contributed by atoms with Crippen molar-refractivity contribution in [1.82, 2.24) is 14.9 Å². The second-order valence-corrected chi connectivity index (χ2v) is 7.23. The number of nitrogens with one attached hydrogen (secondary N) is 1. The van der Waals surface area contributed by atoms with E-state index in [0.717, 1.165) is 41.1 Å². The largest absolute Gasteiger partial charge is 0.487 e. The molecule has 1 aliphatic heterocycles.